The Labute approximate surface area is 139 Å². The van der Waals surface area contributed by atoms with Crippen molar-refractivity contribution in [2.75, 3.05) is 18.5 Å². The van der Waals surface area contributed by atoms with Gasteiger partial charge in [0.15, 0.2) is 0 Å². The van der Waals surface area contributed by atoms with Crippen molar-refractivity contribution in [1.82, 2.24) is 5.32 Å². The molecular formula is C16H16Cl2N2O2. The Kier molecular flexibility index (Phi) is 6.21. The third kappa shape index (κ3) is 4.71. The maximum Gasteiger partial charge on any atom is 0.246 e. The average molecular weight is 339 g/mol. The van der Waals surface area contributed by atoms with E-state index in [2.05, 4.69) is 10.6 Å². The zero-order valence-corrected chi connectivity index (χ0v) is 13.2. The van der Waals surface area contributed by atoms with Gasteiger partial charge >= 0.3 is 0 Å². The highest BCUT2D eigenvalue weighted by Gasteiger charge is 2.20. The molecule has 4 nitrogen and oxygen atoms in total. The molecule has 2 rings (SSSR count). The van der Waals surface area contributed by atoms with Gasteiger partial charge in [-0.15, -0.1) is 0 Å². The van der Waals surface area contributed by atoms with E-state index in [0.29, 0.717) is 22.3 Å². The number of aliphatic hydroxyl groups excluding tert-OH is 1. The summed E-state index contributed by atoms with van der Waals surface area (Å²) in [4.78, 5) is 12.5. The maximum atomic E-state index is 12.5. The Morgan fingerprint density at radius 1 is 1.09 bits per heavy atom. The van der Waals surface area contributed by atoms with Crippen molar-refractivity contribution in [2.24, 2.45) is 0 Å². The summed E-state index contributed by atoms with van der Waals surface area (Å²) in [6.07, 6.45) is 0. The van der Waals surface area contributed by atoms with Gasteiger partial charge in [-0.05, 0) is 23.8 Å². The molecule has 116 valence electrons. The average Bonchev–Trinajstić information content (AvgIpc) is 2.47. The number of aliphatic hydroxyl groups is 1. The standard InChI is InChI=1S/C16H16Cl2N2O2/c17-12-8-13(18)10-14(9-12)20-16(22)15(19-6-7-21)11-4-2-1-3-5-11/h1-5,8-10,15,19,21H,6-7H2,(H,20,22)/t15-/m0/s1. The number of hydrogen-bond donors (Lipinski definition) is 3. The van der Waals surface area contributed by atoms with Gasteiger partial charge in [-0.2, -0.15) is 0 Å². The first kappa shape index (κ1) is 16.8. The molecule has 0 heterocycles. The van der Waals surface area contributed by atoms with Crippen molar-refractivity contribution >= 4 is 34.8 Å². The molecule has 1 amide bonds. The van der Waals surface area contributed by atoms with Crippen LogP contribution in [-0.2, 0) is 4.79 Å². The van der Waals surface area contributed by atoms with Gasteiger partial charge in [0.05, 0.1) is 6.61 Å². The van der Waals surface area contributed by atoms with E-state index in [4.69, 9.17) is 28.3 Å². The first-order valence-electron chi connectivity index (χ1n) is 6.76. The van der Waals surface area contributed by atoms with Crippen molar-refractivity contribution in [3.05, 3.63) is 64.1 Å². The predicted molar refractivity (Wildman–Crippen MR) is 89.4 cm³/mol. The minimum absolute atomic E-state index is 0.0559. The molecule has 0 aromatic heterocycles. The highest BCUT2D eigenvalue weighted by molar-refractivity contribution is 6.35. The molecule has 0 spiro atoms. The van der Waals surface area contributed by atoms with Gasteiger partial charge < -0.3 is 10.4 Å². The summed E-state index contributed by atoms with van der Waals surface area (Å²) in [5.74, 6) is -0.252. The lowest BCUT2D eigenvalue weighted by molar-refractivity contribution is -0.118. The molecule has 2 aromatic rings. The van der Waals surface area contributed by atoms with E-state index in [1.54, 1.807) is 18.2 Å². The molecule has 2 aromatic carbocycles. The first-order chi connectivity index (χ1) is 10.6. The van der Waals surface area contributed by atoms with Gasteiger partial charge in [0.2, 0.25) is 5.91 Å². The number of rotatable bonds is 6. The number of benzene rings is 2. The van der Waals surface area contributed by atoms with Gasteiger partial charge in [-0.1, -0.05) is 53.5 Å². The Hall–Kier alpha value is -1.59. The van der Waals surface area contributed by atoms with Crippen LogP contribution in [0, 0.1) is 0 Å². The molecule has 0 bridgehead atoms. The Balaban J connectivity index is 2.18. The van der Waals surface area contributed by atoms with E-state index in [1.165, 1.54) is 0 Å². The second-order valence-corrected chi connectivity index (χ2v) is 5.54. The van der Waals surface area contributed by atoms with Gasteiger partial charge in [-0.3, -0.25) is 10.1 Å². The lowest BCUT2D eigenvalue weighted by Gasteiger charge is -2.18. The predicted octanol–water partition coefficient (Wildman–Crippen LogP) is 3.26. The van der Waals surface area contributed by atoms with Crippen molar-refractivity contribution in [3.8, 4) is 0 Å². The fraction of sp³-hybridized carbons (Fsp3) is 0.188. The molecule has 0 aliphatic carbocycles. The fourth-order valence-electron chi connectivity index (χ4n) is 2.06. The summed E-state index contributed by atoms with van der Waals surface area (Å²) < 4.78 is 0. The van der Waals surface area contributed by atoms with Crippen LogP contribution in [0.1, 0.15) is 11.6 Å². The number of carbonyl (C=O) groups excluding carboxylic acids is 1. The fourth-order valence-corrected chi connectivity index (χ4v) is 2.58. The summed E-state index contributed by atoms with van der Waals surface area (Å²) in [6.45, 7) is 0.253. The van der Waals surface area contributed by atoms with Gasteiger partial charge in [0, 0.05) is 22.3 Å². The summed E-state index contributed by atoms with van der Waals surface area (Å²) >= 11 is 11.9. The number of carbonyl (C=O) groups is 1. The smallest absolute Gasteiger partial charge is 0.246 e. The number of hydrogen-bond acceptors (Lipinski definition) is 3. The van der Waals surface area contributed by atoms with Crippen LogP contribution in [0.2, 0.25) is 10.0 Å². The monoisotopic (exact) mass is 338 g/mol. The van der Waals surface area contributed by atoms with E-state index in [1.807, 2.05) is 30.3 Å². The highest BCUT2D eigenvalue weighted by Crippen LogP contribution is 2.23. The minimum atomic E-state index is -0.578. The number of anilines is 1. The second-order valence-electron chi connectivity index (χ2n) is 4.67. The Bertz CT molecular complexity index is 615. The van der Waals surface area contributed by atoms with Crippen LogP contribution >= 0.6 is 23.2 Å². The van der Waals surface area contributed by atoms with Crippen molar-refractivity contribution in [1.29, 1.82) is 0 Å². The number of amides is 1. The Morgan fingerprint density at radius 3 is 2.32 bits per heavy atom. The molecule has 22 heavy (non-hydrogen) atoms. The van der Waals surface area contributed by atoms with Crippen molar-refractivity contribution in [3.63, 3.8) is 0 Å². The third-order valence-corrected chi connectivity index (χ3v) is 3.42. The van der Waals surface area contributed by atoms with E-state index >= 15 is 0 Å². The highest BCUT2D eigenvalue weighted by atomic mass is 35.5. The zero-order chi connectivity index (χ0) is 15.9. The lowest BCUT2D eigenvalue weighted by atomic mass is 10.1. The molecule has 1 atom stereocenters. The molecule has 0 saturated carbocycles. The number of halogens is 2. The topological polar surface area (TPSA) is 61.4 Å². The van der Waals surface area contributed by atoms with E-state index in [9.17, 15) is 4.79 Å². The van der Waals surface area contributed by atoms with Gasteiger partial charge in [0.25, 0.3) is 0 Å². The Morgan fingerprint density at radius 2 is 1.73 bits per heavy atom. The zero-order valence-electron chi connectivity index (χ0n) is 11.7. The molecule has 0 radical (unpaired) electrons. The van der Waals surface area contributed by atoms with Crippen LogP contribution < -0.4 is 10.6 Å². The van der Waals surface area contributed by atoms with Crippen LogP contribution in [0.3, 0.4) is 0 Å². The largest absolute Gasteiger partial charge is 0.395 e. The van der Waals surface area contributed by atoms with E-state index < -0.39 is 6.04 Å². The number of nitrogens with one attached hydrogen (secondary N) is 2. The van der Waals surface area contributed by atoms with Crippen molar-refractivity contribution < 1.29 is 9.90 Å². The third-order valence-electron chi connectivity index (χ3n) is 2.99. The lowest BCUT2D eigenvalue weighted by Crippen LogP contribution is -2.34. The van der Waals surface area contributed by atoms with Crippen LogP contribution in [0.15, 0.2) is 48.5 Å². The SMILES string of the molecule is O=C(Nc1cc(Cl)cc(Cl)c1)[C@@H](NCCO)c1ccccc1. The second kappa shape index (κ2) is 8.15. The summed E-state index contributed by atoms with van der Waals surface area (Å²) in [7, 11) is 0. The molecule has 0 fully saturated rings. The molecule has 0 unspecified atom stereocenters. The van der Waals surface area contributed by atoms with Crippen LogP contribution in [0.4, 0.5) is 5.69 Å². The van der Waals surface area contributed by atoms with Crippen molar-refractivity contribution in [2.45, 2.75) is 6.04 Å². The van der Waals surface area contributed by atoms with Crippen LogP contribution in [-0.4, -0.2) is 24.2 Å². The van der Waals surface area contributed by atoms with Gasteiger partial charge in [0.1, 0.15) is 6.04 Å². The molecule has 0 saturated heterocycles. The molecule has 0 aliphatic heterocycles. The van der Waals surface area contributed by atoms with Gasteiger partial charge in [-0.25, -0.2) is 0 Å². The normalized spacial score (nSPS) is 12.0. The van der Waals surface area contributed by atoms with Crippen LogP contribution in [0.25, 0.3) is 0 Å². The minimum Gasteiger partial charge on any atom is -0.395 e. The first-order valence-corrected chi connectivity index (χ1v) is 7.52. The molecule has 0 aliphatic rings. The molecule has 6 heteroatoms. The molecular weight excluding hydrogens is 323 g/mol. The summed E-state index contributed by atoms with van der Waals surface area (Å²) in [5.41, 5.74) is 1.33. The van der Waals surface area contributed by atoms with Crippen LogP contribution in [0.5, 0.6) is 0 Å². The molecule has 3 N–H and O–H groups in total. The van der Waals surface area contributed by atoms with E-state index in [0.717, 1.165) is 5.56 Å². The maximum absolute atomic E-state index is 12.5. The summed E-state index contributed by atoms with van der Waals surface area (Å²) in [6, 6.07) is 13.5. The summed E-state index contributed by atoms with van der Waals surface area (Å²) in [5, 5.41) is 15.7. The van der Waals surface area contributed by atoms with E-state index in [-0.39, 0.29) is 12.5 Å². The quantitative estimate of drug-likeness (QED) is 0.757.